The smallest absolute Gasteiger partial charge is 0.250 e. The number of hydrogen-bond acceptors (Lipinski definition) is 4. The van der Waals surface area contributed by atoms with Crippen LogP contribution in [0.25, 0.3) is 0 Å². The third-order valence-electron chi connectivity index (χ3n) is 3.75. The summed E-state index contributed by atoms with van der Waals surface area (Å²) in [6, 6.07) is 3.46. The third-order valence-corrected chi connectivity index (χ3v) is 3.75. The molecule has 1 saturated carbocycles. The molecule has 1 aliphatic rings. The molecule has 5 heteroatoms. The van der Waals surface area contributed by atoms with Gasteiger partial charge in [-0.1, -0.05) is 6.42 Å². The number of hydrogen-bond donors (Lipinski definition) is 2. The number of aromatic nitrogens is 1. The van der Waals surface area contributed by atoms with Crippen molar-refractivity contribution in [1.29, 1.82) is 0 Å². The van der Waals surface area contributed by atoms with Gasteiger partial charge in [-0.3, -0.25) is 4.79 Å². The van der Waals surface area contributed by atoms with Crippen LogP contribution in [0.5, 0.6) is 0 Å². The summed E-state index contributed by atoms with van der Waals surface area (Å²) in [4.78, 5) is 17.2. The zero-order chi connectivity index (χ0) is 13.2. The molecule has 5 nitrogen and oxygen atoms in total. The Morgan fingerprint density at radius 2 is 2.28 bits per heavy atom. The van der Waals surface area contributed by atoms with Crippen LogP contribution in [0.2, 0.25) is 0 Å². The fourth-order valence-electron chi connectivity index (χ4n) is 2.38. The quantitative estimate of drug-likeness (QED) is 0.808. The summed E-state index contributed by atoms with van der Waals surface area (Å²) in [7, 11) is 1.95. The highest BCUT2D eigenvalue weighted by atomic mass is 16.3. The maximum Gasteiger partial charge on any atom is 0.250 e. The molecule has 0 bridgehead atoms. The van der Waals surface area contributed by atoms with E-state index in [0.29, 0.717) is 5.56 Å². The Hall–Kier alpha value is -1.62. The van der Waals surface area contributed by atoms with Gasteiger partial charge in [0.25, 0.3) is 0 Å². The van der Waals surface area contributed by atoms with Crippen molar-refractivity contribution < 1.29 is 9.90 Å². The number of aliphatic hydroxyl groups is 1. The number of carbonyl (C=O) groups excluding carboxylic acids is 1. The van der Waals surface area contributed by atoms with Crippen molar-refractivity contribution in [1.82, 2.24) is 4.98 Å². The third kappa shape index (κ3) is 2.46. The molecule has 0 unspecified atom stereocenters. The van der Waals surface area contributed by atoms with Gasteiger partial charge in [0.15, 0.2) is 0 Å². The van der Waals surface area contributed by atoms with Crippen LogP contribution >= 0.6 is 0 Å². The number of rotatable bonds is 5. The maximum atomic E-state index is 10.9. The fraction of sp³-hybridized carbons (Fsp3) is 0.538. The summed E-state index contributed by atoms with van der Waals surface area (Å²) in [5.74, 6) is 0.322. The Balaban J connectivity index is 2.04. The molecule has 18 heavy (non-hydrogen) atoms. The van der Waals surface area contributed by atoms with Crippen molar-refractivity contribution in [2.24, 2.45) is 11.1 Å². The number of anilines is 1. The van der Waals surface area contributed by atoms with E-state index in [1.807, 2.05) is 11.9 Å². The van der Waals surface area contributed by atoms with Gasteiger partial charge in [0.05, 0.1) is 12.2 Å². The predicted molar refractivity (Wildman–Crippen MR) is 69.4 cm³/mol. The Kier molecular flexibility index (Phi) is 3.52. The van der Waals surface area contributed by atoms with E-state index in [4.69, 9.17) is 5.73 Å². The molecular formula is C13H19N3O2. The second kappa shape index (κ2) is 4.94. The van der Waals surface area contributed by atoms with Gasteiger partial charge >= 0.3 is 0 Å². The van der Waals surface area contributed by atoms with E-state index < -0.39 is 5.91 Å². The maximum absolute atomic E-state index is 10.9. The van der Waals surface area contributed by atoms with Crippen LogP contribution < -0.4 is 10.6 Å². The molecule has 0 spiro atoms. The van der Waals surface area contributed by atoms with Crippen molar-refractivity contribution >= 4 is 11.7 Å². The molecule has 1 heterocycles. The highest BCUT2D eigenvalue weighted by molar-refractivity contribution is 5.92. The number of nitrogens with zero attached hydrogens (tertiary/aromatic N) is 2. The topological polar surface area (TPSA) is 79.5 Å². The summed E-state index contributed by atoms with van der Waals surface area (Å²) < 4.78 is 0. The Morgan fingerprint density at radius 1 is 1.56 bits per heavy atom. The zero-order valence-electron chi connectivity index (χ0n) is 10.6. The molecule has 3 N–H and O–H groups in total. The van der Waals surface area contributed by atoms with Crippen LogP contribution in [-0.2, 0) is 0 Å². The van der Waals surface area contributed by atoms with Crippen molar-refractivity contribution in [3.63, 3.8) is 0 Å². The van der Waals surface area contributed by atoms with Crippen LogP contribution in [0, 0.1) is 5.41 Å². The lowest BCUT2D eigenvalue weighted by atomic mass is 9.69. The molecule has 0 aliphatic heterocycles. The molecule has 1 aromatic heterocycles. The molecular weight excluding hydrogens is 230 g/mol. The molecule has 0 saturated heterocycles. The van der Waals surface area contributed by atoms with Crippen LogP contribution in [0.15, 0.2) is 18.3 Å². The first kappa shape index (κ1) is 12.8. The molecule has 0 radical (unpaired) electrons. The minimum Gasteiger partial charge on any atom is -0.396 e. The van der Waals surface area contributed by atoms with Gasteiger partial charge in [0.1, 0.15) is 5.82 Å². The van der Waals surface area contributed by atoms with E-state index in [1.165, 1.54) is 12.6 Å². The summed E-state index contributed by atoms with van der Waals surface area (Å²) in [5.41, 5.74) is 5.60. The lowest BCUT2D eigenvalue weighted by Crippen LogP contribution is -2.43. The van der Waals surface area contributed by atoms with E-state index in [9.17, 15) is 9.90 Å². The first-order chi connectivity index (χ1) is 8.56. The summed E-state index contributed by atoms with van der Waals surface area (Å²) >= 11 is 0. The largest absolute Gasteiger partial charge is 0.396 e. The van der Waals surface area contributed by atoms with Crippen molar-refractivity contribution in [2.45, 2.75) is 19.3 Å². The van der Waals surface area contributed by atoms with Crippen molar-refractivity contribution in [3.8, 4) is 0 Å². The number of carbonyl (C=O) groups is 1. The first-order valence-electron chi connectivity index (χ1n) is 6.14. The van der Waals surface area contributed by atoms with Gasteiger partial charge in [0.2, 0.25) is 5.91 Å². The number of nitrogens with two attached hydrogens (primary N) is 1. The van der Waals surface area contributed by atoms with Gasteiger partial charge in [-0.15, -0.1) is 0 Å². The number of pyridine rings is 1. The fourth-order valence-corrected chi connectivity index (χ4v) is 2.38. The van der Waals surface area contributed by atoms with Crippen molar-refractivity contribution in [3.05, 3.63) is 23.9 Å². The Labute approximate surface area is 107 Å². The monoisotopic (exact) mass is 249 g/mol. The predicted octanol–water partition coefficient (Wildman–Crippen LogP) is 0.779. The minimum absolute atomic E-state index is 0.0266. The average molecular weight is 249 g/mol. The number of primary amides is 1. The summed E-state index contributed by atoms with van der Waals surface area (Å²) in [6.45, 7) is 1.00. The van der Waals surface area contributed by atoms with Crippen LogP contribution in [0.1, 0.15) is 29.6 Å². The molecule has 1 aromatic rings. The number of amides is 1. The normalized spacial score (nSPS) is 17.0. The summed E-state index contributed by atoms with van der Waals surface area (Å²) in [5, 5.41) is 9.44. The van der Waals surface area contributed by atoms with Gasteiger partial charge in [-0.25, -0.2) is 4.98 Å². The molecule has 0 atom stereocenters. The highest BCUT2D eigenvalue weighted by Crippen LogP contribution is 2.41. The van der Waals surface area contributed by atoms with E-state index in [0.717, 1.165) is 25.2 Å². The van der Waals surface area contributed by atoms with Gasteiger partial charge in [0, 0.05) is 25.2 Å². The lowest BCUT2D eigenvalue weighted by Gasteiger charge is -2.43. The van der Waals surface area contributed by atoms with Crippen LogP contribution in [0.4, 0.5) is 5.82 Å². The standard InChI is InChI=1S/C13H19N3O2/c1-16(8-13(9-17)5-2-6-13)11-4-3-10(7-15-11)12(14)18/h3-4,7,17H,2,5-6,8-9H2,1H3,(H2,14,18). The van der Waals surface area contributed by atoms with Crippen molar-refractivity contribution in [2.75, 3.05) is 25.1 Å². The Bertz CT molecular complexity index is 421. The second-order valence-electron chi connectivity index (χ2n) is 5.14. The van der Waals surface area contributed by atoms with E-state index in [1.54, 1.807) is 12.1 Å². The highest BCUT2D eigenvalue weighted by Gasteiger charge is 2.37. The zero-order valence-corrected chi connectivity index (χ0v) is 10.6. The Morgan fingerprint density at radius 3 is 2.67 bits per heavy atom. The molecule has 1 amide bonds. The van der Waals surface area contributed by atoms with E-state index in [2.05, 4.69) is 4.98 Å². The van der Waals surface area contributed by atoms with Gasteiger partial charge in [-0.05, 0) is 25.0 Å². The molecule has 1 aliphatic carbocycles. The number of aliphatic hydroxyl groups excluding tert-OH is 1. The molecule has 2 rings (SSSR count). The van der Waals surface area contributed by atoms with Gasteiger partial charge < -0.3 is 15.7 Å². The van der Waals surface area contributed by atoms with E-state index in [-0.39, 0.29) is 12.0 Å². The first-order valence-corrected chi connectivity index (χ1v) is 6.14. The molecule has 0 aromatic carbocycles. The SMILES string of the molecule is CN(CC1(CO)CCC1)c1ccc(C(N)=O)cn1. The second-order valence-corrected chi connectivity index (χ2v) is 5.14. The molecule has 98 valence electrons. The van der Waals surface area contributed by atoms with E-state index >= 15 is 0 Å². The average Bonchev–Trinajstić information content (AvgIpc) is 2.33. The summed E-state index contributed by atoms with van der Waals surface area (Å²) in [6.07, 6.45) is 4.80. The van der Waals surface area contributed by atoms with Crippen LogP contribution in [0.3, 0.4) is 0 Å². The lowest BCUT2D eigenvalue weighted by molar-refractivity contribution is 0.0523. The van der Waals surface area contributed by atoms with Crippen LogP contribution in [-0.4, -0.2) is 36.2 Å². The minimum atomic E-state index is -0.470. The van der Waals surface area contributed by atoms with Gasteiger partial charge in [-0.2, -0.15) is 0 Å². The molecule has 1 fully saturated rings.